The molecule has 1 aliphatic rings. The van der Waals surface area contributed by atoms with Gasteiger partial charge in [-0.2, -0.15) is 0 Å². The van der Waals surface area contributed by atoms with Crippen molar-refractivity contribution >= 4 is 45.6 Å². The topological polar surface area (TPSA) is 117 Å². The van der Waals surface area contributed by atoms with Gasteiger partial charge in [0.05, 0.1) is 24.7 Å². The van der Waals surface area contributed by atoms with E-state index in [1.54, 1.807) is 6.92 Å². The first-order valence-electron chi connectivity index (χ1n) is 11.6. The van der Waals surface area contributed by atoms with E-state index in [2.05, 4.69) is 15.9 Å². The Kier molecular flexibility index (Phi) is 12.3. The first-order valence-corrected chi connectivity index (χ1v) is 13.7. The highest BCUT2D eigenvalue weighted by Crippen LogP contribution is 2.38. The van der Waals surface area contributed by atoms with Crippen molar-refractivity contribution in [2.24, 2.45) is 0 Å². The van der Waals surface area contributed by atoms with Gasteiger partial charge >= 0.3 is 0 Å². The van der Waals surface area contributed by atoms with Crippen molar-refractivity contribution in [3.05, 3.63) is 27.8 Å². The third kappa shape index (κ3) is 7.80. The van der Waals surface area contributed by atoms with Crippen LogP contribution in [0, 0.1) is 10.1 Å². The predicted octanol–water partition coefficient (Wildman–Crippen LogP) is 4.77. The maximum Gasteiger partial charge on any atom is 0.286 e. The molecule has 0 bridgehead atoms. The molecule has 1 fully saturated rings. The number of carbonyl (C=O) groups is 2. The number of rotatable bonds is 16. The zero-order valence-corrected chi connectivity index (χ0v) is 22.7. The number of aldehydes is 1. The van der Waals surface area contributed by atoms with E-state index in [0.717, 1.165) is 24.6 Å². The number of likely N-dealkylation sites (tertiary alicyclic amines) is 1. The summed E-state index contributed by atoms with van der Waals surface area (Å²) in [5.41, 5.74) is -0.517. The van der Waals surface area contributed by atoms with Crippen LogP contribution in [-0.4, -0.2) is 71.3 Å². The summed E-state index contributed by atoms with van der Waals surface area (Å²) in [6.45, 7) is 4.55. The third-order valence-electron chi connectivity index (χ3n) is 5.34. The van der Waals surface area contributed by atoms with Crippen molar-refractivity contribution in [1.29, 1.82) is 0 Å². The van der Waals surface area contributed by atoms with Crippen LogP contribution in [0.4, 0.5) is 5.69 Å². The molecular formula is C23H33BrN2O8S. The van der Waals surface area contributed by atoms with E-state index in [4.69, 9.17) is 18.9 Å². The van der Waals surface area contributed by atoms with Crippen molar-refractivity contribution in [1.82, 2.24) is 4.90 Å². The fraction of sp³-hybridized carbons (Fsp3) is 0.652. The maximum absolute atomic E-state index is 13.5. The molecule has 1 unspecified atom stereocenters. The lowest BCUT2D eigenvalue weighted by atomic mass is 10.1. The lowest BCUT2D eigenvalue weighted by Crippen LogP contribution is -2.45. The smallest absolute Gasteiger partial charge is 0.286 e. The Morgan fingerprint density at radius 2 is 2.09 bits per heavy atom. The molecular weight excluding hydrogens is 544 g/mol. The Morgan fingerprint density at radius 1 is 1.31 bits per heavy atom. The summed E-state index contributed by atoms with van der Waals surface area (Å²) < 4.78 is 22.7. The van der Waals surface area contributed by atoms with E-state index in [-0.39, 0.29) is 29.4 Å². The Labute approximate surface area is 218 Å². The molecule has 0 N–H and O–H groups in total. The molecule has 196 valence electrons. The average Bonchev–Trinajstić information content (AvgIpc) is 3.30. The number of thioether (sulfide) groups is 1. The fourth-order valence-electron chi connectivity index (χ4n) is 3.74. The second-order valence-corrected chi connectivity index (χ2v) is 9.90. The molecule has 0 radical (unpaired) electrons. The molecule has 1 heterocycles. The van der Waals surface area contributed by atoms with E-state index in [1.807, 2.05) is 6.92 Å². The number of halogens is 1. The van der Waals surface area contributed by atoms with Gasteiger partial charge in [-0.25, -0.2) is 0 Å². The standard InChI is InChI=1S/C23H33BrN2O8S/c1-4-33-23(16-27,35-5-2)34-21-10-9-12-25(21)22(28)17-14-19(31-3)20(15-18(17)26(29)30)32-13-8-6-7-11-24/h14-16,21H,4-13H2,1-3H3/t21-,23?/m0/s1. The quantitative estimate of drug-likeness (QED) is 0.0684. The van der Waals surface area contributed by atoms with Crippen LogP contribution >= 0.6 is 27.7 Å². The molecule has 35 heavy (non-hydrogen) atoms. The molecule has 1 aliphatic heterocycles. The van der Waals surface area contributed by atoms with Crippen molar-refractivity contribution in [3.8, 4) is 11.5 Å². The summed E-state index contributed by atoms with van der Waals surface area (Å²) >= 11 is 4.55. The van der Waals surface area contributed by atoms with E-state index in [0.29, 0.717) is 38.0 Å². The summed E-state index contributed by atoms with van der Waals surface area (Å²) in [4.78, 5) is 38.0. The molecule has 12 heteroatoms. The van der Waals surface area contributed by atoms with E-state index in [9.17, 15) is 19.7 Å². The fourth-order valence-corrected chi connectivity index (χ4v) is 4.99. The van der Waals surface area contributed by atoms with Gasteiger partial charge in [0.25, 0.3) is 16.7 Å². The molecule has 2 rings (SSSR count). The van der Waals surface area contributed by atoms with Crippen LogP contribution in [0.1, 0.15) is 56.3 Å². The monoisotopic (exact) mass is 576 g/mol. The Balaban J connectivity index is 2.31. The largest absolute Gasteiger partial charge is 0.493 e. The normalized spacial score (nSPS) is 17.1. The SMILES string of the molecule is CCOC(C=O)(O[C@H]1CCCN1C(=O)c1cc(OC)c(OCCCCCBr)cc1[N+](=O)[O-])SCC. The number of nitro groups is 1. The van der Waals surface area contributed by atoms with Gasteiger partial charge in [-0.1, -0.05) is 34.6 Å². The summed E-state index contributed by atoms with van der Waals surface area (Å²) in [5, 5.41) is 11.2. The molecule has 10 nitrogen and oxygen atoms in total. The number of methoxy groups -OCH3 is 1. The summed E-state index contributed by atoms with van der Waals surface area (Å²) in [6, 6.07) is 2.56. The van der Waals surface area contributed by atoms with Crippen LogP contribution in [0.25, 0.3) is 0 Å². The first-order chi connectivity index (χ1) is 16.9. The Hall–Kier alpha value is -1.89. The highest BCUT2D eigenvalue weighted by molar-refractivity contribution is 9.09. The number of amides is 1. The van der Waals surface area contributed by atoms with Crippen molar-refractivity contribution in [3.63, 3.8) is 0 Å². The number of unbranched alkanes of at least 4 members (excludes halogenated alkanes) is 2. The van der Waals surface area contributed by atoms with E-state index in [1.165, 1.54) is 35.9 Å². The van der Waals surface area contributed by atoms with Crippen LogP contribution in [0.2, 0.25) is 0 Å². The van der Waals surface area contributed by atoms with Gasteiger partial charge in [0.2, 0.25) is 0 Å². The number of alkyl halides is 1. The first kappa shape index (κ1) is 29.3. The summed E-state index contributed by atoms with van der Waals surface area (Å²) in [6.07, 6.45) is 3.63. The van der Waals surface area contributed by atoms with Crippen LogP contribution in [0.3, 0.4) is 0 Å². The molecule has 0 aliphatic carbocycles. The summed E-state index contributed by atoms with van der Waals surface area (Å²) in [5.74, 6) is 0.410. The van der Waals surface area contributed by atoms with Crippen LogP contribution < -0.4 is 9.47 Å². The molecule has 2 atom stereocenters. The minimum absolute atomic E-state index is 0.134. The van der Waals surface area contributed by atoms with Gasteiger partial charge in [-0.15, -0.1) is 0 Å². The highest BCUT2D eigenvalue weighted by atomic mass is 79.9. The molecule has 1 saturated heterocycles. The Morgan fingerprint density at radius 3 is 2.69 bits per heavy atom. The summed E-state index contributed by atoms with van der Waals surface area (Å²) in [7, 11) is 1.41. The minimum Gasteiger partial charge on any atom is -0.493 e. The van der Waals surface area contributed by atoms with Gasteiger partial charge in [-0.3, -0.25) is 19.7 Å². The van der Waals surface area contributed by atoms with Crippen molar-refractivity contribution < 1.29 is 33.5 Å². The Bertz CT molecular complexity index is 866. The zero-order valence-electron chi connectivity index (χ0n) is 20.3. The minimum atomic E-state index is -1.55. The molecule has 0 saturated carbocycles. The third-order valence-corrected chi connectivity index (χ3v) is 6.90. The number of benzene rings is 1. The second-order valence-electron chi connectivity index (χ2n) is 7.68. The van der Waals surface area contributed by atoms with E-state index >= 15 is 0 Å². The van der Waals surface area contributed by atoms with Crippen LogP contribution in [0.5, 0.6) is 11.5 Å². The lowest BCUT2D eigenvalue weighted by molar-refractivity contribution is -0.385. The molecule has 1 aromatic rings. The lowest BCUT2D eigenvalue weighted by Gasteiger charge is -2.33. The van der Waals surface area contributed by atoms with Gasteiger partial charge in [0.15, 0.2) is 17.8 Å². The second kappa shape index (κ2) is 14.6. The molecule has 1 aromatic carbocycles. The average molecular weight is 577 g/mol. The number of nitro benzene ring substituents is 1. The molecule has 0 aromatic heterocycles. The maximum atomic E-state index is 13.5. The van der Waals surface area contributed by atoms with Crippen molar-refractivity contribution in [2.45, 2.75) is 57.3 Å². The van der Waals surface area contributed by atoms with Crippen LogP contribution in [0.15, 0.2) is 12.1 Å². The highest BCUT2D eigenvalue weighted by Gasteiger charge is 2.41. The number of hydrogen-bond acceptors (Lipinski definition) is 9. The number of hydrogen-bond donors (Lipinski definition) is 0. The van der Waals surface area contributed by atoms with Crippen molar-refractivity contribution in [2.75, 3.05) is 38.0 Å². The predicted molar refractivity (Wildman–Crippen MR) is 136 cm³/mol. The molecule has 0 spiro atoms. The van der Waals surface area contributed by atoms with E-state index < -0.39 is 22.2 Å². The van der Waals surface area contributed by atoms with Gasteiger partial charge in [0, 0.05) is 24.5 Å². The van der Waals surface area contributed by atoms with Gasteiger partial charge in [0.1, 0.15) is 11.8 Å². The number of carbonyl (C=O) groups excluding carboxylic acids is 2. The van der Waals surface area contributed by atoms with Gasteiger partial charge < -0.3 is 23.8 Å². The van der Waals surface area contributed by atoms with Crippen LogP contribution in [-0.2, 0) is 14.3 Å². The number of nitrogens with zero attached hydrogens (tertiary/aromatic N) is 2. The number of ether oxygens (including phenoxy) is 4. The zero-order chi connectivity index (χ0) is 25.8. The van der Waals surface area contributed by atoms with Gasteiger partial charge in [-0.05, 0) is 44.8 Å². The molecule has 1 amide bonds.